The van der Waals surface area contributed by atoms with E-state index in [1.165, 1.54) is 63.9 Å². The van der Waals surface area contributed by atoms with Crippen LogP contribution < -0.4 is 0 Å². The van der Waals surface area contributed by atoms with Crippen LogP contribution in [-0.4, -0.2) is 14.1 Å². The summed E-state index contributed by atoms with van der Waals surface area (Å²) in [4.78, 5) is 5.15. The van der Waals surface area contributed by atoms with Gasteiger partial charge in [0.15, 0.2) is 0 Å². The van der Waals surface area contributed by atoms with E-state index in [1.54, 1.807) is 0 Å². The molecule has 3 heterocycles. The van der Waals surface area contributed by atoms with Crippen LogP contribution in [0.3, 0.4) is 0 Å². The monoisotopic (exact) mass is 667 g/mol. The van der Waals surface area contributed by atoms with Gasteiger partial charge in [-0.15, -0.1) is 11.3 Å². The van der Waals surface area contributed by atoms with Crippen molar-refractivity contribution in [2.24, 2.45) is 0 Å². The van der Waals surface area contributed by atoms with Crippen LogP contribution in [0.15, 0.2) is 176 Å². The predicted octanol–water partition coefficient (Wildman–Crippen LogP) is 13.0. The summed E-state index contributed by atoms with van der Waals surface area (Å²) in [5, 5.41) is 7.76. The Bertz CT molecular complexity index is 3110. The average molecular weight is 668 g/mol. The van der Waals surface area contributed by atoms with Gasteiger partial charge < -0.3 is 4.57 Å². The molecule has 4 heteroatoms. The van der Waals surface area contributed by atoms with Crippen LogP contribution >= 0.6 is 11.3 Å². The second-order valence-electron chi connectivity index (χ2n) is 13.1. The molecule has 51 heavy (non-hydrogen) atoms. The molecule has 0 spiro atoms. The molecular formula is C47H29N3S. The first-order chi connectivity index (χ1) is 25.3. The van der Waals surface area contributed by atoms with Crippen molar-refractivity contribution in [3.8, 4) is 33.9 Å². The molecule has 0 aliphatic rings. The zero-order chi connectivity index (χ0) is 33.5. The third-order valence-corrected chi connectivity index (χ3v) is 11.5. The van der Waals surface area contributed by atoms with E-state index in [1.807, 2.05) is 11.3 Å². The Hall–Kier alpha value is -6.49. The van der Waals surface area contributed by atoms with Crippen molar-refractivity contribution in [1.29, 1.82) is 0 Å². The van der Waals surface area contributed by atoms with Crippen molar-refractivity contribution in [3.63, 3.8) is 0 Å². The van der Waals surface area contributed by atoms with Gasteiger partial charge >= 0.3 is 0 Å². The van der Waals surface area contributed by atoms with E-state index in [0.29, 0.717) is 0 Å². The third kappa shape index (κ3) is 4.21. The van der Waals surface area contributed by atoms with Gasteiger partial charge in [-0.1, -0.05) is 109 Å². The first-order valence-electron chi connectivity index (χ1n) is 17.3. The highest BCUT2D eigenvalue weighted by atomic mass is 32.1. The summed E-state index contributed by atoms with van der Waals surface area (Å²) in [6, 6.07) is 63.4. The van der Waals surface area contributed by atoms with Gasteiger partial charge in [-0.05, 0) is 83.2 Å². The highest BCUT2D eigenvalue weighted by Gasteiger charge is 2.23. The molecule has 8 aromatic carbocycles. The molecule has 0 bridgehead atoms. The smallest absolute Gasteiger partial charge is 0.145 e. The fourth-order valence-electron chi connectivity index (χ4n) is 8.07. The minimum absolute atomic E-state index is 0.931. The molecule has 238 valence electrons. The molecule has 0 fully saturated rings. The highest BCUT2D eigenvalue weighted by molar-refractivity contribution is 7.27. The summed E-state index contributed by atoms with van der Waals surface area (Å²) in [7, 11) is 0. The molecule has 0 aliphatic heterocycles. The molecular weight excluding hydrogens is 639 g/mol. The zero-order valence-corrected chi connectivity index (χ0v) is 28.3. The van der Waals surface area contributed by atoms with Gasteiger partial charge in [0.2, 0.25) is 0 Å². The number of hydrogen-bond donors (Lipinski definition) is 0. The second-order valence-corrected chi connectivity index (χ2v) is 14.2. The molecule has 0 amide bonds. The number of fused-ring (bicyclic) bond motifs is 11. The fraction of sp³-hybridized carbons (Fsp3) is 0. The number of hydrogen-bond acceptors (Lipinski definition) is 2. The van der Waals surface area contributed by atoms with Crippen LogP contribution in [0.1, 0.15) is 0 Å². The number of thiophene rings is 1. The maximum atomic E-state index is 5.15. The van der Waals surface area contributed by atoms with Crippen LogP contribution in [-0.2, 0) is 0 Å². The van der Waals surface area contributed by atoms with Crippen molar-refractivity contribution in [2.75, 3.05) is 0 Å². The first-order valence-corrected chi connectivity index (χ1v) is 18.1. The Balaban J connectivity index is 1.22. The van der Waals surface area contributed by atoms with Crippen molar-refractivity contribution < 1.29 is 0 Å². The Labute approximate surface area is 297 Å². The molecule has 0 aliphatic carbocycles. The minimum atomic E-state index is 0.931. The zero-order valence-electron chi connectivity index (χ0n) is 27.5. The molecule has 0 unspecified atom stereocenters. The van der Waals surface area contributed by atoms with E-state index >= 15 is 0 Å². The van der Waals surface area contributed by atoms with Crippen molar-refractivity contribution >= 4 is 75.1 Å². The van der Waals surface area contributed by atoms with E-state index < -0.39 is 0 Å². The lowest BCUT2D eigenvalue weighted by molar-refractivity contribution is 1.10. The summed E-state index contributed by atoms with van der Waals surface area (Å²) < 4.78 is 7.40. The SMILES string of the molecule is c1ccc(-c2ccc3c(c2)c2c4ccccc4c4sc5ccccc5c4c2n3-c2ccc(-c3nc4ccccc4n3-c3ccccc3)cc2)cc1. The van der Waals surface area contributed by atoms with Gasteiger partial charge in [0.25, 0.3) is 0 Å². The van der Waals surface area contributed by atoms with Gasteiger partial charge in [0.1, 0.15) is 5.82 Å². The summed E-state index contributed by atoms with van der Waals surface area (Å²) in [5.74, 6) is 0.931. The maximum Gasteiger partial charge on any atom is 0.145 e. The van der Waals surface area contributed by atoms with Crippen molar-refractivity contribution in [2.45, 2.75) is 0 Å². The summed E-state index contributed by atoms with van der Waals surface area (Å²) in [6.07, 6.45) is 0. The lowest BCUT2D eigenvalue weighted by atomic mass is 9.98. The van der Waals surface area contributed by atoms with E-state index in [2.05, 4.69) is 185 Å². The number of rotatable bonds is 4. The van der Waals surface area contributed by atoms with Crippen LogP contribution in [0.4, 0.5) is 0 Å². The van der Waals surface area contributed by atoms with Crippen LogP contribution in [0.25, 0.3) is 97.7 Å². The van der Waals surface area contributed by atoms with E-state index in [-0.39, 0.29) is 0 Å². The number of para-hydroxylation sites is 3. The number of nitrogens with zero attached hydrogens (tertiary/aromatic N) is 3. The van der Waals surface area contributed by atoms with Crippen LogP contribution in [0.2, 0.25) is 0 Å². The molecule has 0 saturated heterocycles. The molecule has 0 saturated carbocycles. The molecule has 3 nitrogen and oxygen atoms in total. The highest BCUT2D eigenvalue weighted by Crippen LogP contribution is 2.48. The Morgan fingerprint density at radius 1 is 0.412 bits per heavy atom. The van der Waals surface area contributed by atoms with Gasteiger partial charge in [-0.25, -0.2) is 4.98 Å². The molecule has 0 N–H and O–H groups in total. The molecule has 11 aromatic rings. The Kier molecular flexibility index (Phi) is 6.12. The number of imidazole rings is 1. The average Bonchev–Trinajstić information content (AvgIpc) is 3.89. The predicted molar refractivity (Wildman–Crippen MR) is 217 cm³/mol. The number of benzene rings is 8. The van der Waals surface area contributed by atoms with Crippen LogP contribution in [0, 0.1) is 0 Å². The standard InChI is InChI=1S/C47H29N3S/c1-3-13-30(14-4-1)32-25-28-40-38(29-32)43-35-17-7-8-18-36(35)46-44(37-19-9-12-22-42(37)51-46)45(43)49(40)34-26-23-31(24-27-34)47-48-39-20-10-11-21-41(39)50(47)33-15-5-2-6-16-33/h1-29H. The maximum absolute atomic E-state index is 5.15. The molecule has 0 atom stereocenters. The fourth-order valence-corrected chi connectivity index (χ4v) is 9.31. The van der Waals surface area contributed by atoms with Gasteiger partial charge in [0.05, 0.1) is 22.1 Å². The normalized spacial score (nSPS) is 11.9. The minimum Gasteiger partial charge on any atom is -0.309 e. The lowest BCUT2D eigenvalue weighted by Crippen LogP contribution is -1.98. The number of aromatic nitrogens is 3. The largest absolute Gasteiger partial charge is 0.309 e. The van der Waals surface area contributed by atoms with Crippen molar-refractivity contribution in [3.05, 3.63) is 176 Å². The summed E-state index contributed by atoms with van der Waals surface area (Å²) >= 11 is 1.90. The van der Waals surface area contributed by atoms with Gasteiger partial charge in [-0.2, -0.15) is 0 Å². The van der Waals surface area contributed by atoms with Gasteiger partial charge in [0, 0.05) is 53.3 Å². The van der Waals surface area contributed by atoms with Crippen LogP contribution in [0.5, 0.6) is 0 Å². The first kappa shape index (κ1) is 28.4. The topological polar surface area (TPSA) is 22.8 Å². The molecule has 11 rings (SSSR count). The summed E-state index contributed by atoms with van der Waals surface area (Å²) in [6.45, 7) is 0. The van der Waals surface area contributed by atoms with Crippen molar-refractivity contribution in [1.82, 2.24) is 14.1 Å². The third-order valence-electron chi connectivity index (χ3n) is 10.3. The lowest BCUT2D eigenvalue weighted by Gasteiger charge is -2.13. The van der Waals surface area contributed by atoms with Gasteiger partial charge in [-0.3, -0.25) is 4.57 Å². The quantitative estimate of drug-likeness (QED) is 0.183. The summed E-state index contributed by atoms with van der Waals surface area (Å²) in [5.41, 5.74) is 10.3. The molecule has 3 aromatic heterocycles. The van der Waals surface area contributed by atoms with E-state index in [0.717, 1.165) is 33.8 Å². The Morgan fingerprint density at radius 2 is 1.06 bits per heavy atom. The Morgan fingerprint density at radius 3 is 1.88 bits per heavy atom. The van der Waals surface area contributed by atoms with E-state index in [9.17, 15) is 0 Å². The van der Waals surface area contributed by atoms with E-state index in [4.69, 9.17) is 4.98 Å². The molecule has 0 radical (unpaired) electrons. The second kappa shape index (κ2) is 11.0.